The Morgan fingerprint density at radius 2 is 1.27 bits per heavy atom. The summed E-state index contributed by atoms with van der Waals surface area (Å²) in [6, 6.07) is 14.0. The summed E-state index contributed by atoms with van der Waals surface area (Å²) in [6.07, 6.45) is 0. The highest BCUT2D eigenvalue weighted by Gasteiger charge is 2.15. The van der Waals surface area contributed by atoms with Gasteiger partial charge in [-0.05, 0) is 64.7 Å². The first kappa shape index (κ1) is 21.9. The van der Waals surface area contributed by atoms with Gasteiger partial charge in [-0.3, -0.25) is 4.79 Å². The summed E-state index contributed by atoms with van der Waals surface area (Å²) in [5.74, 6) is -1.49. The van der Waals surface area contributed by atoms with E-state index in [0.29, 0.717) is 27.9 Å². The number of amides is 1. The Labute approximate surface area is 182 Å². The van der Waals surface area contributed by atoms with Crippen molar-refractivity contribution in [1.29, 1.82) is 0 Å². The molecule has 0 spiro atoms. The van der Waals surface area contributed by atoms with E-state index < -0.39 is 22.4 Å². The van der Waals surface area contributed by atoms with Gasteiger partial charge >= 0.3 is 0 Å². The highest BCUT2D eigenvalue weighted by Crippen LogP contribution is 2.34. The number of carbonyl (C=O) groups is 1. The van der Waals surface area contributed by atoms with Gasteiger partial charge in [0.25, 0.3) is 5.91 Å². The number of halogens is 4. The second kappa shape index (κ2) is 9.32. The number of nitrogens with one attached hydrogen (secondary N) is 1. The minimum atomic E-state index is -1.27. The normalized spacial score (nSPS) is 10.8. The number of methoxy groups -OCH3 is 2. The highest BCUT2D eigenvalue weighted by atomic mass is 35.5. The van der Waals surface area contributed by atoms with Gasteiger partial charge in [-0.2, -0.15) is 0 Å². The van der Waals surface area contributed by atoms with Gasteiger partial charge < -0.3 is 14.8 Å². The lowest BCUT2D eigenvalue weighted by molar-refractivity contribution is -0.114. The summed E-state index contributed by atoms with van der Waals surface area (Å²) in [6.45, 7) is 0. The second-order valence-electron chi connectivity index (χ2n) is 6.29. The van der Waals surface area contributed by atoms with Crippen LogP contribution in [-0.4, -0.2) is 25.0 Å². The van der Waals surface area contributed by atoms with E-state index in [2.05, 4.69) is 5.32 Å². The fourth-order valence-electron chi connectivity index (χ4n) is 2.92. The van der Waals surface area contributed by atoms with E-state index in [0.717, 1.165) is 0 Å². The average molecular weight is 452 g/mol. The van der Waals surface area contributed by atoms with Crippen molar-refractivity contribution in [2.45, 2.75) is 4.84 Å². The summed E-state index contributed by atoms with van der Waals surface area (Å²) in [7, 11) is 2.75. The quantitative estimate of drug-likeness (QED) is 0.463. The zero-order valence-corrected chi connectivity index (χ0v) is 17.5. The first-order chi connectivity index (χ1) is 14.3. The Morgan fingerprint density at radius 3 is 1.63 bits per heavy atom. The van der Waals surface area contributed by atoms with Gasteiger partial charge in [0.1, 0.15) is 0 Å². The minimum Gasteiger partial charge on any atom is -0.494 e. The lowest BCUT2D eigenvalue weighted by Crippen LogP contribution is -2.18. The molecule has 3 rings (SSSR count). The van der Waals surface area contributed by atoms with E-state index in [4.69, 9.17) is 32.7 Å². The maximum atomic E-state index is 14.2. The second-order valence-corrected chi connectivity index (χ2v) is 7.38. The van der Waals surface area contributed by atoms with Crippen molar-refractivity contribution in [1.82, 2.24) is 0 Å². The molecule has 3 aromatic carbocycles. The molecular weight excluding hydrogens is 435 g/mol. The summed E-state index contributed by atoms with van der Waals surface area (Å²) in [5, 5.41) is 2.60. The van der Waals surface area contributed by atoms with Crippen molar-refractivity contribution in [3.8, 4) is 33.8 Å². The number of hydrogen-bond donors (Lipinski definition) is 1. The molecule has 0 aliphatic carbocycles. The molecule has 1 amide bonds. The van der Waals surface area contributed by atoms with Crippen LogP contribution in [0.15, 0.2) is 54.6 Å². The molecule has 0 fully saturated rings. The van der Waals surface area contributed by atoms with Crippen molar-refractivity contribution in [3.05, 3.63) is 66.2 Å². The van der Waals surface area contributed by atoms with Crippen molar-refractivity contribution in [2.24, 2.45) is 0 Å². The van der Waals surface area contributed by atoms with Gasteiger partial charge in [-0.25, -0.2) is 8.78 Å². The fourth-order valence-corrected chi connectivity index (χ4v) is 3.03. The number of rotatable bonds is 6. The molecule has 0 bridgehead atoms. The van der Waals surface area contributed by atoms with Crippen LogP contribution in [0.4, 0.5) is 14.5 Å². The molecule has 0 aromatic heterocycles. The van der Waals surface area contributed by atoms with E-state index in [9.17, 15) is 13.6 Å². The van der Waals surface area contributed by atoms with Crippen LogP contribution >= 0.6 is 23.2 Å². The number of ether oxygens (including phenoxy) is 2. The molecule has 0 aliphatic heterocycles. The van der Waals surface area contributed by atoms with E-state index >= 15 is 0 Å². The first-order valence-corrected chi connectivity index (χ1v) is 9.61. The zero-order valence-electron chi connectivity index (χ0n) is 16.0. The SMILES string of the molecule is COc1ccc(-c2cc(NC(=O)C(Cl)Cl)cc(-c3ccc(OC)c(F)c3)c2)cc1F. The molecule has 0 unspecified atom stereocenters. The number of carbonyl (C=O) groups excluding carboxylic acids is 1. The molecule has 156 valence electrons. The summed E-state index contributed by atoms with van der Waals surface area (Å²) in [4.78, 5) is 10.7. The maximum Gasteiger partial charge on any atom is 0.257 e. The lowest BCUT2D eigenvalue weighted by atomic mass is 9.97. The monoisotopic (exact) mass is 451 g/mol. The third kappa shape index (κ3) is 4.83. The largest absolute Gasteiger partial charge is 0.494 e. The zero-order chi connectivity index (χ0) is 21.8. The molecular formula is C22H17Cl2F2NO3. The van der Waals surface area contributed by atoms with Gasteiger partial charge in [0.2, 0.25) is 0 Å². The molecule has 4 nitrogen and oxygen atoms in total. The Bertz CT molecular complexity index is 1020. The van der Waals surface area contributed by atoms with E-state index in [-0.39, 0.29) is 11.5 Å². The van der Waals surface area contributed by atoms with E-state index in [1.165, 1.54) is 38.5 Å². The standard InChI is InChI=1S/C22H17Cl2F2NO3/c1-29-19-5-3-12(10-17(19)25)14-7-15(9-16(8-14)27-22(28)21(23)24)13-4-6-20(30-2)18(26)11-13/h3-11,21H,1-2H3,(H,27,28). The summed E-state index contributed by atoms with van der Waals surface area (Å²) in [5.41, 5.74) is 2.61. The van der Waals surface area contributed by atoms with Crippen LogP contribution < -0.4 is 14.8 Å². The smallest absolute Gasteiger partial charge is 0.257 e. The topological polar surface area (TPSA) is 47.6 Å². The van der Waals surface area contributed by atoms with Gasteiger partial charge in [0.05, 0.1) is 14.2 Å². The molecule has 30 heavy (non-hydrogen) atoms. The number of anilines is 1. The van der Waals surface area contributed by atoms with Crippen LogP contribution in [0.2, 0.25) is 0 Å². The van der Waals surface area contributed by atoms with Crippen LogP contribution in [0.25, 0.3) is 22.3 Å². The first-order valence-electron chi connectivity index (χ1n) is 8.74. The van der Waals surface area contributed by atoms with Crippen LogP contribution in [0, 0.1) is 11.6 Å². The fraction of sp³-hybridized carbons (Fsp3) is 0.136. The summed E-state index contributed by atoms with van der Waals surface area (Å²) >= 11 is 11.3. The molecule has 0 atom stereocenters. The van der Waals surface area contributed by atoms with E-state index in [1.54, 1.807) is 30.3 Å². The van der Waals surface area contributed by atoms with Crippen LogP contribution in [0.1, 0.15) is 0 Å². The van der Waals surface area contributed by atoms with Crippen molar-refractivity contribution >= 4 is 34.8 Å². The van der Waals surface area contributed by atoms with Gasteiger partial charge in [-0.1, -0.05) is 35.3 Å². The van der Waals surface area contributed by atoms with Crippen molar-refractivity contribution < 1.29 is 23.0 Å². The van der Waals surface area contributed by atoms with Gasteiger partial charge in [0, 0.05) is 5.69 Å². The molecule has 3 aromatic rings. The van der Waals surface area contributed by atoms with Crippen molar-refractivity contribution in [2.75, 3.05) is 19.5 Å². The minimum absolute atomic E-state index is 0.104. The maximum absolute atomic E-state index is 14.2. The predicted molar refractivity (Wildman–Crippen MR) is 114 cm³/mol. The molecule has 0 saturated heterocycles. The Morgan fingerprint density at radius 1 is 0.800 bits per heavy atom. The Balaban J connectivity index is 2.12. The highest BCUT2D eigenvalue weighted by molar-refractivity contribution is 6.54. The Hall–Kier alpha value is -2.83. The molecule has 0 radical (unpaired) electrons. The van der Waals surface area contributed by atoms with Gasteiger partial charge in [0.15, 0.2) is 28.0 Å². The average Bonchev–Trinajstić information content (AvgIpc) is 2.73. The third-order valence-corrected chi connectivity index (χ3v) is 4.77. The number of benzene rings is 3. The lowest BCUT2D eigenvalue weighted by Gasteiger charge is -2.13. The molecule has 1 N–H and O–H groups in total. The van der Waals surface area contributed by atoms with Crippen molar-refractivity contribution in [3.63, 3.8) is 0 Å². The number of hydrogen-bond acceptors (Lipinski definition) is 3. The molecule has 0 aliphatic rings. The molecule has 8 heteroatoms. The Kier molecular flexibility index (Phi) is 6.80. The molecule has 0 heterocycles. The van der Waals surface area contributed by atoms with Crippen LogP contribution in [-0.2, 0) is 4.79 Å². The van der Waals surface area contributed by atoms with Crippen LogP contribution in [0.3, 0.4) is 0 Å². The van der Waals surface area contributed by atoms with E-state index in [1.807, 2.05) is 0 Å². The summed E-state index contributed by atoms with van der Waals surface area (Å²) < 4.78 is 38.3. The van der Waals surface area contributed by atoms with Crippen LogP contribution in [0.5, 0.6) is 11.5 Å². The number of alkyl halides is 2. The third-order valence-electron chi connectivity index (χ3n) is 4.37. The predicted octanol–water partition coefficient (Wildman–Crippen LogP) is 6.06. The molecule has 0 saturated carbocycles. The van der Waals surface area contributed by atoms with Gasteiger partial charge in [-0.15, -0.1) is 0 Å².